The van der Waals surface area contributed by atoms with Gasteiger partial charge in [-0.1, -0.05) is 0 Å². The summed E-state index contributed by atoms with van der Waals surface area (Å²) in [6.45, 7) is 0.980. The van der Waals surface area contributed by atoms with E-state index in [1.54, 1.807) is 19.1 Å². The second-order valence-corrected chi connectivity index (χ2v) is 8.49. The average molecular weight is 393 g/mol. The lowest BCUT2D eigenvalue weighted by Gasteiger charge is -2.22. The minimum atomic E-state index is -2.96. The number of hydrogen-bond donors (Lipinski definition) is 1. The SMILES string of the molecule is COc1ccc(OCCNc2cnnc(N(C)C3CCS(=O)(=O)C3)n2)cc1. The van der Waals surface area contributed by atoms with Crippen molar-refractivity contribution in [3.8, 4) is 11.5 Å². The lowest BCUT2D eigenvalue weighted by molar-refractivity contribution is 0.331. The number of aromatic nitrogens is 3. The van der Waals surface area contributed by atoms with Crippen molar-refractivity contribution < 1.29 is 17.9 Å². The molecule has 146 valence electrons. The first kappa shape index (κ1) is 19.2. The van der Waals surface area contributed by atoms with E-state index < -0.39 is 9.84 Å². The van der Waals surface area contributed by atoms with Crippen LogP contribution >= 0.6 is 0 Å². The second kappa shape index (κ2) is 8.38. The van der Waals surface area contributed by atoms with E-state index in [1.807, 2.05) is 24.3 Å². The minimum Gasteiger partial charge on any atom is -0.497 e. The number of anilines is 2. The van der Waals surface area contributed by atoms with Gasteiger partial charge in [-0.3, -0.25) is 0 Å². The lowest BCUT2D eigenvalue weighted by atomic mass is 10.2. The highest BCUT2D eigenvalue weighted by molar-refractivity contribution is 7.91. The highest BCUT2D eigenvalue weighted by atomic mass is 32.2. The second-order valence-electron chi connectivity index (χ2n) is 6.26. The molecule has 0 spiro atoms. The molecule has 0 saturated carbocycles. The molecule has 1 N–H and O–H groups in total. The molecule has 1 atom stereocenters. The fourth-order valence-corrected chi connectivity index (χ4v) is 4.57. The van der Waals surface area contributed by atoms with E-state index in [9.17, 15) is 8.42 Å². The van der Waals surface area contributed by atoms with Crippen molar-refractivity contribution in [1.29, 1.82) is 0 Å². The third-order valence-corrected chi connectivity index (χ3v) is 6.11. The highest BCUT2D eigenvalue weighted by Crippen LogP contribution is 2.20. The summed E-state index contributed by atoms with van der Waals surface area (Å²) in [5.74, 6) is 2.82. The number of ether oxygens (including phenoxy) is 2. The van der Waals surface area contributed by atoms with E-state index in [1.165, 1.54) is 6.20 Å². The van der Waals surface area contributed by atoms with E-state index in [0.29, 0.717) is 31.3 Å². The van der Waals surface area contributed by atoms with Crippen LogP contribution in [0.4, 0.5) is 11.8 Å². The molecule has 0 bridgehead atoms. The van der Waals surface area contributed by atoms with Crippen LogP contribution in [0.3, 0.4) is 0 Å². The molecule has 9 nitrogen and oxygen atoms in total. The maximum Gasteiger partial charge on any atom is 0.247 e. The Labute approximate surface area is 158 Å². The van der Waals surface area contributed by atoms with Gasteiger partial charge in [0.15, 0.2) is 15.7 Å². The van der Waals surface area contributed by atoms with Crippen molar-refractivity contribution in [1.82, 2.24) is 15.2 Å². The number of benzene rings is 1. The van der Waals surface area contributed by atoms with Gasteiger partial charge in [0.05, 0.1) is 31.4 Å². The molecule has 10 heteroatoms. The molecule has 2 aromatic rings. The first-order valence-electron chi connectivity index (χ1n) is 8.60. The Morgan fingerprint density at radius 2 is 2.00 bits per heavy atom. The Morgan fingerprint density at radius 3 is 2.67 bits per heavy atom. The maximum absolute atomic E-state index is 11.7. The van der Waals surface area contributed by atoms with Gasteiger partial charge in [-0.05, 0) is 30.7 Å². The zero-order chi connectivity index (χ0) is 19.3. The molecule has 1 aromatic carbocycles. The Bertz CT molecular complexity index is 860. The van der Waals surface area contributed by atoms with Gasteiger partial charge in [-0.25, -0.2) is 8.42 Å². The number of hydrogen-bond acceptors (Lipinski definition) is 9. The lowest BCUT2D eigenvalue weighted by Crippen LogP contribution is -2.34. The number of nitrogens with one attached hydrogen (secondary N) is 1. The van der Waals surface area contributed by atoms with Crippen LogP contribution in [0.5, 0.6) is 11.5 Å². The van der Waals surface area contributed by atoms with Crippen LogP contribution < -0.4 is 19.7 Å². The standard InChI is InChI=1S/C17H23N5O4S/c1-22(13-7-10-27(23,24)12-13)17-20-16(11-19-21-17)18-8-9-26-15-5-3-14(25-2)4-6-15/h3-6,11,13H,7-10,12H2,1-2H3,(H,18,20,21). The van der Waals surface area contributed by atoms with Crippen molar-refractivity contribution in [2.75, 3.05) is 49.0 Å². The summed E-state index contributed by atoms with van der Waals surface area (Å²) in [7, 11) is 0.444. The molecule has 0 radical (unpaired) electrons. The predicted octanol–water partition coefficient (Wildman–Crippen LogP) is 0.994. The van der Waals surface area contributed by atoms with Gasteiger partial charge in [0.1, 0.15) is 18.1 Å². The zero-order valence-corrected chi connectivity index (χ0v) is 16.1. The maximum atomic E-state index is 11.7. The molecule has 1 unspecified atom stereocenters. The molecule has 1 saturated heterocycles. The summed E-state index contributed by atoms with van der Waals surface area (Å²) in [4.78, 5) is 6.18. The van der Waals surface area contributed by atoms with Gasteiger partial charge in [0.25, 0.3) is 0 Å². The average Bonchev–Trinajstić information content (AvgIpc) is 3.05. The molecular weight excluding hydrogens is 370 g/mol. The fraction of sp³-hybridized carbons (Fsp3) is 0.471. The van der Waals surface area contributed by atoms with Crippen molar-refractivity contribution >= 4 is 21.6 Å². The summed E-state index contributed by atoms with van der Waals surface area (Å²) < 4.78 is 34.1. The summed E-state index contributed by atoms with van der Waals surface area (Å²) in [5.41, 5.74) is 0. The Morgan fingerprint density at radius 1 is 1.26 bits per heavy atom. The molecule has 0 aliphatic carbocycles. The predicted molar refractivity (Wildman–Crippen MR) is 102 cm³/mol. The molecule has 1 aromatic heterocycles. The van der Waals surface area contributed by atoms with Crippen LogP contribution in [0.2, 0.25) is 0 Å². The zero-order valence-electron chi connectivity index (χ0n) is 15.3. The molecule has 2 heterocycles. The van der Waals surface area contributed by atoms with E-state index in [4.69, 9.17) is 9.47 Å². The molecule has 1 aliphatic heterocycles. The quantitative estimate of drug-likeness (QED) is 0.657. The van der Waals surface area contributed by atoms with E-state index >= 15 is 0 Å². The van der Waals surface area contributed by atoms with Crippen molar-refractivity contribution in [3.05, 3.63) is 30.5 Å². The Hall–Kier alpha value is -2.62. The van der Waals surface area contributed by atoms with Crippen LogP contribution in [0.1, 0.15) is 6.42 Å². The largest absolute Gasteiger partial charge is 0.497 e. The summed E-state index contributed by atoms with van der Waals surface area (Å²) >= 11 is 0. The topological polar surface area (TPSA) is 107 Å². The summed E-state index contributed by atoms with van der Waals surface area (Å²) in [6, 6.07) is 7.23. The van der Waals surface area contributed by atoms with Crippen molar-refractivity contribution in [2.24, 2.45) is 0 Å². The van der Waals surface area contributed by atoms with Gasteiger partial charge >= 0.3 is 0 Å². The van der Waals surface area contributed by atoms with Gasteiger partial charge in [0, 0.05) is 13.1 Å². The van der Waals surface area contributed by atoms with E-state index in [-0.39, 0.29) is 17.5 Å². The van der Waals surface area contributed by atoms with Crippen LogP contribution in [0.25, 0.3) is 0 Å². The smallest absolute Gasteiger partial charge is 0.247 e. The van der Waals surface area contributed by atoms with Crippen LogP contribution in [0, 0.1) is 0 Å². The molecular formula is C17H23N5O4S. The monoisotopic (exact) mass is 393 g/mol. The van der Waals surface area contributed by atoms with E-state index in [0.717, 1.165) is 11.5 Å². The molecule has 1 aliphatic rings. The molecule has 27 heavy (non-hydrogen) atoms. The summed E-state index contributed by atoms with van der Waals surface area (Å²) in [5, 5.41) is 11.1. The fourth-order valence-electron chi connectivity index (χ4n) is 2.79. The van der Waals surface area contributed by atoms with Gasteiger partial charge in [-0.15, -0.1) is 5.10 Å². The molecule has 1 fully saturated rings. The molecule has 3 rings (SSSR count). The Balaban J connectivity index is 1.50. The number of rotatable bonds is 8. The van der Waals surface area contributed by atoms with Crippen LogP contribution in [-0.4, -0.2) is 68.5 Å². The normalized spacial score (nSPS) is 18.1. The minimum absolute atomic E-state index is 0.120. The molecule has 0 amide bonds. The third-order valence-electron chi connectivity index (χ3n) is 4.36. The first-order valence-corrected chi connectivity index (χ1v) is 10.4. The van der Waals surface area contributed by atoms with Gasteiger partial charge < -0.3 is 19.7 Å². The van der Waals surface area contributed by atoms with E-state index in [2.05, 4.69) is 20.5 Å². The number of methoxy groups -OCH3 is 1. The highest BCUT2D eigenvalue weighted by Gasteiger charge is 2.31. The van der Waals surface area contributed by atoms with Crippen molar-refractivity contribution in [2.45, 2.75) is 12.5 Å². The summed E-state index contributed by atoms with van der Waals surface area (Å²) in [6.07, 6.45) is 2.10. The van der Waals surface area contributed by atoms with Crippen LogP contribution in [-0.2, 0) is 9.84 Å². The van der Waals surface area contributed by atoms with Crippen molar-refractivity contribution in [3.63, 3.8) is 0 Å². The first-order chi connectivity index (χ1) is 13.0. The van der Waals surface area contributed by atoms with Gasteiger partial charge in [-0.2, -0.15) is 10.1 Å². The Kier molecular flexibility index (Phi) is 5.94. The number of nitrogens with zero attached hydrogens (tertiary/aromatic N) is 4. The third kappa shape index (κ3) is 5.19. The van der Waals surface area contributed by atoms with Crippen LogP contribution in [0.15, 0.2) is 30.5 Å². The van der Waals surface area contributed by atoms with Gasteiger partial charge in [0.2, 0.25) is 5.95 Å². The number of sulfone groups is 1.